The van der Waals surface area contributed by atoms with Gasteiger partial charge in [0, 0.05) is 25.6 Å². The van der Waals surface area contributed by atoms with E-state index in [4.69, 9.17) is 11.6 Å². The Hall–Kier alpha value is -0.840. The monoisotopic (exact) mass is 327 g/mol. The molecule has 0 aliphatic rings. The first-order valence-electron chi connectivity index (χ1n) is 5.75. The lowest BCUT2D eigenvalue weighted by molar-refractivity contribution is 0.738. The minimum Gasteiger partial charge on any atom is -0.330 e. The highest BCUT2D eigenvalue weighted by Crippen LogP contribution is 2.29. The average Bonchev–Trinajstić information content (AvgIpc) is 2.63. The zero-order chi connectivity index (χ0) is 13.1. The largest absolute Gasteiger partial charge is 0.330 e. The van der Waals surface area contributed by atoms with E-state index in [1.165, 1.54) is 5.69 Å². The molecule has 5 heteroatoms. The predicted octanol–water partition coefficient (Wildman–Crippen LogP) is 3.26. The molecule has 1 heterocycles. The first-order chi connectivity index (χ1) is 8.65. The van der Waals surface area contributed by atoms with Crippen LogP contribution in [-0.4, -0.2) is 23.1 Å². The number of imidazole rings is 1. The van der Waals surface area contributed by atoms with Gasteiger partial charge in [-0.05, 0) is 35.1 Å². The number of nitrogens with one attached hydrogen (secondary N) is 1. The summed E-state index contributed by atoms with van der Waals surface area (Å²) < 4.78 is 2.97. The molecule has 0 unspecified atom stereocenters. The highest BCUT2D eigenvalue weighted by Gasteiger charge is 2.15. The smallest absolute Gasteiger partial charge is 0.142 e. The fourth-order valence-corrected chi connectivity index (χ4v) is 2.75. The molecule has 0 saturated carbocycles. The second kappa shape index (κ2) is 5.87. The Morgan fingerprint density at radius 2 is 2.11 bits per heavy atom. The van der Waals surface area contributed by atoms with Crippen LogP contribution in [0.5, 0.6) is 0 Å². The molecule has 0 bridgehead atoms. The van der Waals surface area contributed by atoms with Crippen molar-refractivity contribution in [3.8, 4) is 11.4 Å². The molecule has 96 valence electrons. The van der Waals surface area contributed by atoms with Crippen LogP contribution < -0.4 is 5.32 Å². The van der Waals surface area contributed by atoms with Crippen LogP contribution in [0.1, 0.15) is 5.69 Å². The number of halogens is 2. The van der Waals surface area contributed by atoms with Crippen molar-refractivity contribution in [2.75, 3.05) is 13.6 Å². The van der Waals surface area contributed by atoms with Crippen LogP contribution in [0.4, 0.5) is 0 Å². The SMILES string of the molecule is CNCCc1c(Br)nc(-c2ccccc2Cl)n1C. The summed E-state index contributed by atoms with van der Waals surface area (Å²) in [6.07, 6.45) is 0.922. The summed E-state index contributed by atoms with van der Waals surface area (Å²) in [5.74, 6) is 0.888. The molecule has 0 radical (unpaired) electrons. The van der Waals surface area contributed by atoms with E-state index in [1.54, 1.807) is 0 Å². The number of likely N-dealkylation sites (N-methyl/N-ethyl adjacent to an activating group) is 1. The fourth-order valence-electron chi connectivity index (χ4n) is 1.90. The molecule has 0 aliphatic carbocycles. The molecule has 3 nitrogen and oxygen atoms in total. The van der Waals surface area contributed by atoms with Gasteiger partial charge in [-0.2, -0.15) is 0 Å². The van der Waals surface area contributed by atoms with Gasteiger partial charge in [-0.15, -0.1) is 0 Å². The van der Waals surface area contributed by atoms with Crippen LogP contribution in [0.3, 0.4) is 0 Å². The number of benzene rings is 1. The molecular formula is C13H15BrClN3. The zero-order valence-corrected chi connectivity index (χ0v) is 12.7. The van der Waals surface area contributed by atoms with E-state index in [0.29, 0.717) is 0 Å². The maximum Gasteiger partial charge on any atom is 0.142 e. The Bertz CT molecular complexity index is 551. The standard InChI is InChI=1S/C13H15BrClN3/c1-16-8-7-11-12(14)17-13(18(11)2)9-5-3-4-6-10(9)15/h3-6,16H,7-8H2,1-2H3. The van der Waals surface area contributed by atoms with Crippen molar-refractivity contribution in [2.24, 2.45) is 7.05 Å². The van der Waals surface area contributed by atoms with E-state index >= 15 is 0 Å². The molecule has 2 aromatic rings. The third-order valence-corrected chi connectivity index (χ3v) is 3.86. The molecule has 0 fully saturated rings. The maximum absolute atomic E-state index is 6.22. The molecule has 0 saturated heterocycles. The first kappa shape index (κ1) is 13.6. The van der Waals surface area contributed by atoms with Crippen LogP contribution in [0.25, 0.3) is 11.4 Å². The van der Waals surface area contributed by atoms with Gasteiger partial charge in [0.1, 0.15) is 10.4 Å². The molecule has 0 amide bonds. The second-order valence-corrected chi connectivity index (χ2v) is 5.22. The fraction of sp³-hybridized carbons (Fsp3) is 0.308. The lowest BCUT2D eigenvalue weighted by atomic mass is 10.2. The molecule has 1 aromatic heterocycles. The lowest BCUT2D eigenvalue weighted by Gasteiger charge is -2.07. The Morgan fingerprint density at radius 1 is 1.39 bits per heavy atom. The van der Waals surface area contributed by atoms with Crippen LogP contribution in [0.15, 0.2) is 28.9 Å². The summed E-state index contributed by atoms with van der Waals surface area (Å²) >= 11 is 9.73. The molecule has 1 aromatic carbocycles. The van der Waals surface area contributed by atoms with E-state index in [2.05, 4.69) is 30.8 Å². The minimum absolute atomic E-state index is 0.721. The highest BCUT2D eigenvalue weighted by atomic mass is 79.9. The van der Waals surface area contributed by atoms with Crippen LogP contribution >= 0.6 is 27.5 Å². The van der Waals surface area contributed by atoms with Crippen molar-refractivity contribution in [2.45, 2.75) is 6.42 Å². The number of hydrogen-bond acceptors (Lipinski definition) is 2. The predicted molar refractivity (Wildman–Crippen MR) is 79.0 cm³/mol. The number of rotatable bonds is 4. The molecular weight excluding hydrogens is 314 g/mol. The summed E-state index contributed by atoms with van der Waals surface area (Å²) in [7, 11) is 3.96. The third kappa shape index (κ3) is 2.60. The van der Waals surface area contributed by atoms with Gasteiger partial charge in [-0.3, -0.25) is 0 Å². The molecule has 2 rings (SSSR count). The van der Waals surface area contributed by atoms with Crippen molar-refractivity contribution in [1.29, 1.82) is 0 Å². The van der Waals surface area contributed by atoms with E-state index in [0.717, 1.165) is 34.0 Å². The van der Waals surface area contributed by atoms with Crippen molar-refractivity contribution in [3.63, 3.8) is 0 Å². The minimum atomic E-state index is 0.721. The van der Waals surface area contributed by atoms with Crippen LogP contribution in [0, 0.1) is 0 Å². The van der Waals surface area contributed by atoms with E-state index < -0.39 is 0 Å². The van der Waals surface area contributed by atoms with Crippen molar-refractivity contribution < 1.29 is 0 Å². The van der Waals surface area contributed by atoms with Gasteiger partial charge >= 0.3 is 0 Å². The molecule has 0 aliphatic heterocycles. The Kier molecular flexibility index (Phi) is 4.43. The summed E-state index contributed by atoms with van der Waals surface area (Å²) in [5, 5.41) is 3.86. The van der Waals surface area contributed by atoms with E-state index in [1.807, 2.05) is 38.4 Å². The van der Waals surface area contributed by atoms with E-state index in [9.17, 15) is 0 Å². The Balaban J connectivity index is 2.44. The topological polar surface area (TPSA) is 29.9 Å². The Morgan fingerprint density at radius 3 is 2.78 bits per heavy atom. The summed E-state index contributed by atoms with van der Waals surface area (Å²) in [6.45, 7) is 0.917. The summed E-state index contributed by atoms with van der Waals surface area (Å²) in [6, 6.07) is 7.76. The molecule has 0 spiro atoms. The summed E-state index contributed by atoms with van der Waals surface area (Å²) in [4.78, 5) is 4.56. The van der Waals surface area contributed by atoms with Gasteiger partial charge in [0.05, 0.1) is 10.7 Å². The van der Waals surface area contributed by atoms with Crippen LogP contribution in [0.2, 0.25) is 5.02 Å². The quantitative estimate of drug-likeness (QED) is 0.933. The normalized spacial score (nSPS) is 10.9. The van der Waals surface area contributed by atoms with Crippen LogP contribution in [-0.2, 0) is 13.5 Å². The third-order valence-electron chi connectivity index (χ3n) is 2.89. The highest BCUT2D eigenvalue weighted by molar-refractivity contribution is 9.10. The van der Waals surface area contributed by atoms with E-state index in [-0.39, 0.29) is 0 Å². The van der Waals surface area contributed by atoms with Crippen molar-refractivity contribution in [1.82, 2.24) is 14.9 Å². The van der Waals surface area contributed by atoms with Gasteiger partial charge in [-0.25, -0.2) is 4.98 Å². The Labute approximate surface area is 120 Å². The van der Waals surface area contributed by atoms with Crippen molar-refractivity contribution >= 4 is 27.5 Å². The van der Waals surface area contributed by atoms with Gasteiger partial charge < -0.3 is 9.88 Å². The van der Waals surface area contributed by atoms with Gasteiger partial charge in [0.25, 0.3) is 0 Å². The number of hydrogen-bond donors (Lipinski definition) is 1. The van der Waals surface area contributed by atoms with Gasteiger partial charge in [-0.1, -0.05) is 23.7 Å². The number of nitrogens with zero attached hydrogens (tertiary/aromatic N) is 2. The maximum atomic E-state index is 6.22. The van der Waals surface area contributed by atoms with Gasteiger partial charge in [0.2, 0.25) is 0 Å². The van der Waals surface area contributed by atoms with Gasteiger partial charge in [0.15, 0.2) is 0 Å². The summed E-state index contributed by atoms with van der Waals surface area (Å²) in [5.41, 5.74) is 2.12. The average molecular weight is 329 g/mol. The second-order valence-electron chi connectivity index (χ2n) is 4.07. The molecule has 1 N–H and O–H groups in total. The van der Waals surface area contributed by atoms with Crippen molar-refractivity contribution in [3.05, 3.63) is 39.6 Å². The molecule has 0 atom stereocenters. The zero-order valence-electron chi connectivity index (χ0n) is 10.4. The molecule has 18 heavy (non-hydrogen) atoms. The number of aromatic nitrogens is 2. The lowest BCUT2D eigenvalue weighted by Crippen LogP contribution is -2.12. The first-order valence-corrected chi connectivity index (χ1v) is 6.93.